The molecule has 1 aromatic heterocycles. The number of hydrogen-bond donors (Lipinski definition) is 0. The fourth-order valence-corrected chi connectivity index (χ4v) is 1.77. The number of carbonyl (C=O) groups is 1. The number of nitrogens with zero attached hydrogens (tertiary/aromatic N) is 1. The van der Waals surface area contributed by atoms with Gasteiger partial charge in [0.25, 0.3) is 0 Å². The van der Waals surface area contributed by atoms with E-state index in [1.807, 2.05) is 6.07 Å². The van der Waals surface area contributed by atoms with Crippen LogP contribution < -0.4 is 0 Å². The summed E-state index contributed by atoms with van der Waals surface area (Å²) < 4.78 is 5.02. The summed E-state index contributed by atoms with van der Waals surface area (Å²) in [5.41, 5.74) is 0.931. The minimum absolute atomic E-state index is 0.241. The zero-order valence-electron chi connectivity index (χ0n) is 8.28. The van der Waals surface area contributed by atoms with Gasteiger partial charge in [-0.15, -0.1) is 0 Å². The van der Waals surface area contributed by atoms with Crippen LogP contribution in [0.4, 0.5) is 0 Å². The second kappa shape index (κ2) is 4.73. The summed E-state index contributed by atoms with van der Waals surface area (Å²) in [5, 5.41) is 0.437. The van der Waals surface area contributed by atoms with E-state index in [-0.39, 0.29) is 5.78 Å². The molecule has 0 saturated carbocycles. The Labute approximate surface area is 93.4 Å². The molecule has 1 aromatic rings. The van der Waals surface area contributed by atoms with Crippen molar-refractivity contribution in [2.45, 2.75) is 12.8 Å². The highest BCUT2D eigenvalue weighted by Gasteiger charge is 2.21. The van der Waals surface area contributed by atoms with Crippen molar-refractivity contribution in [3.8, 4) is 0 Å². The molecule has 1 saturated heterocycles. The fourth-order valence-electron chi connectivity index (χ4n) is 1.58. The number of rotatable bonds is 4. The van der Waals surface area contributed by atoms with E-state index < -0.39 is 0 Å². The van der Waals surface area contributed by atoms with Crippen molar-refractivity contribution < 1.29 is 9.53 Å². The minimum atomic E-state index is 0.241. The van der Waals surface area contributed by atoms with Crippen molar-refractivity contribution in [2.75, 3.05) is 13.2 Å². The van der Waals surface area contributed by atoms with Gasteiger partial charge in [0.2, 0.25) is 0 Å². The molecule has 0 atom stereocenters. The molecule has 2 heterocycles. The van der Waals surface area contributed by atoms with Gasteiger partial charge in [-0.25, -0.2) is 4.98 Å². The molecule has 1 fully saturated rings. The van der Waals surface area contributed by atoms with Crippen molar-refractivity contribution >= 4 is 17.4 Å². The Kier molecular flexibility index (Phi) is 3.34. The lowest BCUT2D eigenvalue weighted by molar-refractivity contribution is -0.123. The first-order valence-electron chi connectivity index (χ1n) is 4.94. The van der Waals surface area contributed by atoms with E-state index in [0.717, 1.165) is 18.8 Å². The lowest BCUT2D eigenvalue weighted by Gasteiger charge is -2.25. The molecule has 0 aliphatic carbocycles. The van der Waals surface area contributed by atoms with Crippen LogP contribution >= 0.6 is 11.6 Å². The summed E-state index contributed by atoms with van der Waals surface area (Å²) in [6, 6.07) is 3.55. The number of ketones is 1. The summed E-state index contributed by atoms with van der Waals surface area (Å²) in [6.07, 6.45) is 2.68. The van der Waals surface area contributed by atoms with Crippen molar-refractivity contribution in [1.82, 2.24) is 4.98 Å². The Hall–Kier alpha value is -0.930. The Balaban J connectivity index is 1.87. The largest absolute Gasteiger partial charge is 0.381 e. The van der Waals surface area contributed by atoms with Crippen LogP contribution in [0.15, 0.2) is 18.3 Å². The number of carbonyl (C=O) groups excluding carboxylic acids is 1. The maximum atomic E-state index is 11.6. The lowest BCUT2D eigenvalue weighted by atomic mass is 9.97. The van der Waals surface area contributed by atoms with E-state index in [0.29, 0.717) is 23.9 Å². The first-order chi connectivity index (χ1) is 7.24. The zero-order chi connectivity index (χ0) is 10.7. The Morgan fingerprint density at radius 3 is 3.00 bits per heavy atom. The van der Waals surface area contributed by atoms with Gasteiger partial charge < -0.3 is 4.74 Å². The standard InChI is InChI=1S/C11H12ClNO2/c12-11-5-8(1-2-13-11)3-10(14)4-9-6-15-7-9/h1-2,5,9H,3-4,6-7H2. The van der Waals surface area contributed by atoms with E-state index in [4.69, 9.17) is 16.3 Å². The third-order valence-electron chi connectivity index (χ3n) is 2.42. The van der Waals surface area contributed by atoms with Crippen LogP contribution in [0.3, 0.4) is 0 Å². The summed E-state index contributed by atoms with van der Waals surface area (Å²) in [5.74, 6) is 0.667. The topological polar surface area (TPSA) is 39.2 Å². The molecule has 0 N–H and O–H groups in total. The van der Waals surface area contributed by atoms with Gasteiger partial charge in [-0.05, 0) is 17.7 Å². The van der Waals surface area contributed by atoms with Crippen LogP contribution in [0.5, 0.6) is 0 Å². The molecule has 3 nitrogen and oxygen atoms in total. The molecule has 1 aliphatic heterocycles. The fraction of sp³-hybridized carbons (Fsp3) is 0.455. The highest BCUT2D eigenvalue weighted by atomic mass is 35.5. The quantitative estimate of drug-likeness (QED) is 0.735. The average Bonchev–Trinajstić information content (AvgIpc) is 2.11. The molecule has 4 heteroatoms. The number of pyridine rings is 1. The Morgan fingerprint density at radius 1 is 1.60 bits per heavy atom. The van der Waals surface area contributed by atoms with E-state index in [1.54, 1.807) is 12.3 Å². The third kappa shape index (κ3) is 3.01. The second-order valence-corrected chi connectivity index (χ2v) is 4.20. The maximum Gasteiger partial charge on any atom is 0.137 e. The van der Waals surface area contributed by atoms with E-state index in [9.17, 15) is 4.79 Å². The number of ether oxygens (including phenoxy) is 1. The predicted molar refractivity (Wildman–Crippen MR) is 56.9 cm³/mol. The van der Waals surface area contributed by atoms with Gasteiger partial charge in [-0.1, -0.05) is 11.6 Å². The average molecular weight is 226 g/mol. The molecule has 0 amide bonds. The molecule has 1 aliphatic rings. The SMILES string of the molecule is O=C(Cc1ccnc(Cl)c1)CC1COC1. The summed E-state index contributed by atoms with van der Waals surface area (Å²) in [7, 11) is 0. The van der Waals surface area contributed by atoms with Gasteiger partial charge in [-0.2, -0.15) is 0 Å². The summed E-state index contributed by atoms with van der Waals surface area (Å²) in [6.45, 7) is 1.45. The van der Waals surface area contributed by atoms with Crippen LogP contribution in [-0.2, 0) is 16.0 Å². The molecular formula is C11H12ClNO2. The van der Waals surface area contributed by atoms with Crippen molar-refractivity contribution in [3.63, 3.8) is 0 Å². The van der Waals surface area contributed by atoms with Gasteiger partial charge in [0.05, 0.1) is 13.2 Å². The van der Waals surface area contributed by atoms with Crippen molar-refractivity contribution in [2.24, 2.45) is 5.92 Å². The van der Waals surface area contributed by atoms with E-state index >= 15 is 0 Å². The number of halogens is 1. The van der Waals surface area contributed by atoms with Gasteiger partial charge in [0, 0.05) is 25.0 Å². The van der Waals surface area contributed by atoms with Crippen molar-refractivity contribution in [1.29, 1.82) is 0 Å². The molecule has 80 valence electrons. The monoisotopic (exact) mass is 225 g/mol. The Morgan fingerprint density at radius 2 is 2.40 bits per heavy atom. The van der Waals surface area contributed by atoms with Gasteiger partial charge in [0.1, 0.15) is 10.9 Å². The maximum absolute atomic E-state index is 11.6. The van der Waals surface area contributed by atoms with Crippen molar-refractivity contribution in [3.05, 3.63) is 29.0 Å². The predicted octanol–water partition coefficient (Wildman–Crippen LogP) is 1.88. The van der Waals surface area contributed by atoms with Gasteiger partial charge in [0.15, 0.2) is 0 Å². The highest BCUT2D eigenvalue weighted by molar-refractivity contribution is 6.29. The molecular weight excluding hydrogens is 214 g/mol. The second-order valence-electron chi connectivity index (χ2n) is 3.81. The Bertz CT molecular complexity index is 363. The normalized spacial score (nSPS) is 16.1. The molecule has 0 bridgehead atoms. The van der Waals surface area contributed by atoms with Gasteiger partial charge in [-0.3, -0.25) is 4.79 Å². The highest BCUT2D eigenvalue weighted by Crippen LogP contribution is 2.16. The minimum Gasteiger partial charge on any atom is -0.381 e. The zero-order valence-corrected chi connectivity index (χ0v) is 9.04. The summed E-state index contributed by atoms with van der Waals surface area (Å²) >= 11 is 5.73. The number of Topliss-reactive ketones (excluding diaryl/α,β-unsaturated/α-hetero) is 1. The lowest BCUT2D eigenvalue weighted by Crippen LogP contribution is -2.30. The summed E-state index contributed by atoms with van der Waals surface area (Å²) in [4.78, 5) is 15.5. The molecule has 2 rings (SSSR count). The van der Waals surface area contributed by atoms with Crippen LogP contribution in [0, 0.1) is 5.92 Å². The molecule has 0 unspecified atom stereocenters. The first kappa shape index (κ1) is 10.6. The third-order valence-corrected chi connectivity index (χ3v) is 2.62. The van der Waals surface area contributed by atoms with Crippen LogP contribution in [0.2, 0.25) is 5.15 Å². The van der Waals surface area contributed by atoms with Gasteiger partial charge >= 0.3 is 0 Å². The van der Waals surface area contributed by atoms with Crippen LogP contribution in [0.1, 0.15) is 12.0 Å². The van der Waals surface area contributed by atoms with E-state index in [1.165, 1.54) is 0 Å². The van der Waals surface area contributed by atoms with E-state index in [2.05, 4.69) is 4.98 Å². The number of aromatic nitrogens is 1. The molecule has 0 spiro atoms. The first-order valence-corrected chi connectivity index (χ1v) is 5.31. The molecule has 0 radical (unpaired) electrons. The number of hydrogen-bond acceptors (Lipinski definition) is 3. The van der Waals surface area contributed by atoms with Crippen LogP contribution in [0.25, 0.3) is 0 Å². The van der Waals surface area contributed by atoms with Crippen LogP contribution in [-0.4, -0.2) is 24.0 Å². The molecule has 15 heavy (non-hydrogen) atoms. The smallest absolute Gasteiger partial charge is 0.137 e. The molecule has 0 aromatic carbocycles.